The Bertz CT molecular complexity index is 644. The lowest BCUT2D eigenvalue weighted by Gasteiger charge is -2.44. The van der Waals surface area contributed by atoms with Crippen molar-refractivity contribution in [1.29, 1.82) is 0 Å². The number of rotatable bonds is 1. The smallest absolute Gasteiger partial charge is 0.0579 e. The maximum Gasteiger partial charge on any atom is 0.0579 e. The van der Waals surface area contributed by atoms with E-state index in [0.717, 1.165) is 0 Å². The van der Waals surface area contributed by atoms with Crippen LogP contribution in [0.4, 0.5) is 5.69 Å². The maximum absolute atomic E-state index is 2.47. The van der Waals surface area contributed by atoms with Crippen molar-refractivity contribution in [2.75, 3.05) is 11.9 Å². The van der Waals surface area contributed by atoms with E-state index < -0.39 is 0 Å². The van der Waals surface area contributed by atoms with E-state index in [0.29, 0.717) is 17.9 Å². The standard InChI is InChI=1S/C19H19N/c1-20-18-13-6-5-10-16(18)15-11-7-12-17(15)19(20)14-8-3-2-4-9-14/h2-11,13,15,17,19H,12H2,1H3. The van der Waals surface area contributed by atoms with Crippen LogP contribution in [0.1, 0.15) is 29.5 Å². The lowest BCUT2D eigenvalue weighted by Crippen LogP contribution is -2.36. The number of benzene rings is 2. The van der Waals surface area contributed by atoms with E-state index in [2.05, 4.69) is 78.7 Å². The van der Waals surface area contributed by atoms with Crippen LogP contribution in [-0.4, -0.2) is 7.05 Å². The summed E-state index contributed by atoms with van der Waals surface area (Å²) in [6.07, 6.45) is 5.95. The number of hydrogen-bond acceptors (Lipinski definition) is 1. The quantitative estimate of drug-likeness (QED) is 0.681. The highest BCUT2D eigenvalue weighted by Crippen LogP contribution is 2.52. The van der Waals surface area contributed by atoms with Gasteiger partial charge in [0.1, 0.15) is 0 Å². The van der Waals surface area contributed by atoms with Crippen molar-refractivity contribution < 1.29 is 0 Å². The molecule has 1 heteroatoms. The molecule has 2 aliphatic rings. The van der Waals surface area contributed by atoms with Crippen molar-refractivity contribution in [3.05, 3.63) is 77.9 Å². The van der Waals surface area contributed by atoms with Gasteiger partial charge >= 0.3 is 0 Å². The summed E-state index contributed by atoms with van der Waals surface area (Å²) in [5.41, 5.74) is 4.30. The van der Waals surface area contributed by atoms with Gasteiger partial charge in [-0.3, -0.25) is 0 Å². The third-order valence-electron chi connectivity index (χ3n) is 4.85. The normalized spacial score (nSPS) is 27.2. The van der Waals surface area contributed by atoms with Gasteiger partial charge < -0.3 is 4.90 Å². The van der Waals surface area contributed by atoms with Crippen LogP contribution < -0.4 is 4.90 Å². The lowest BCUT2D eigenvalue weighted by molar-refractivity contribution is 0.385. The SMILES string of the molecule is CN1c2ccccc2C2C=CCC2C1c1ccccc1. The Morgan fingerprint density at radius 3 is 2.55 bits per heavy atom. The lowest BCUT2D eigenvalue weighted by atomic mass is 9.76. The van der Waals surface area contributed by atoms with Crippen molar-refractivity contribution in [1.82, 2.24) is 0 Å². The Kier molecular flexibility index (Phi) is 2.66. The molecular formula is C19H19N. The van der Waals surface area contributed by atoms with E-state index in [1.807, 2.05) is 0 Å². The molecule has 0 aromatic heterocycles. The van der Waals surface area contributed by atoms with Gasteiger partial charge in [0.2, 0.25) is 0 Å². The first kappa shape index (κ1) is 11.8. The van der Waals surface area contributed by atoms with Crippen molar-refractivity contribution in [2.24, 2.45) is 5.92 Å². The van der Waals surface area contributed by atoms with Gasteiger partial charge in [-0.2, -0.15) is 0 Å². The molecule has 0 radical (unpaired) electrons. The van der Waals surface area contributed by atoms with Gasteiger partial charge in [-0.05, 0) is 29.5 Å². The molecule has 3 unspecified atom stereocenters. The van der Waals surface area contributed by atoms with Gasteiger partial charge in [0.05, 0.1) is 6.04 Å². The van der Waals surface area contributed by atoms with E-state index in [9.17, 15) is 0 Å². The second-order valence-corrected chi connectivity index (χ2v) is 5.88. The Hall–Kier alpha value is -2.02. The van der Waals surface area contributed by atoms with Crippen LogP contribution in [0.3, 0.4) is 0 Å². The molecule has 0 spiro atoms. The molecule has 3 atom stereocenters. The molecule has 0 N–H and O–H groups in total. The first-order valence-corrected chi connectivity index (χ1v) is 7.39. The zero-order valence-electron chi connectivity index (χ0n) is 11.7. The summed E-state index contributed by atoms with van der Waals surface area (Å²) in [4.78, 5) is 2.47. The first-order chi connectivity index (χ1) is 9.86. The van der Waals surface area contributed by atoms with Gasteiger partial charge in [-0.1, -0.05) is 60.7 Å². The molecule has 0 fully saturated rings. The molecular weight excluding hydrogens is 242 g/mol. The zero-order valence-corrected chi connectivity index (χ0v) is 11.7. The van der Waals surface area contributed by atoms with Crippen molar-refractivity contribution in [3.8, 4) is 0 Å². The molecule has 1 nitrogen and oxygen atoms in total. The molecule has 1 heterocycles. The van der Waals surface area contributed by atoms with Crippen LogP contribution in [0.25, 0.3) is 0 Å². The Balaban J connectivity index is 1.86. The van der Waals surface area contributed by atoms with E-state index >= 15 is 0 Å². The van der Waals surface area contributed by atoms with Gasteiger partial charge in [-0.25, -0.2) is 0 Å². The largest absolute Gasteiger partial charge is 0.367 e. The minimum absolute atomic E-state index is 0.478. The topological polar surface area (TPSA) is 3.24 Å². The summed E-state index contributed by atoms with van der Waals surface area (Å²) in [5, 5.41) is 0. The third kappa shape index (κ3) is 1.62. The Morgan fingerprint density at radius 1 is 0.950 bits per heavy atom. The van der Waals surface area contributed by atoms with Crippen LogP contribution in [0.5, 0.6) is 0 Å². The third-order valence-corrected chi connectivity index (χ3v) is 4.85. The molecule has 0 saturated carbocycles. The second-order valence-electron chi connectivity index (χ2n) is 5.88. The van der Waals surface area contributed by atoms with Gasteiger partial charge in [0.25, 0.3) is 0 Å². The summed E-state index contributed by atoms with van der Waals surface area (Å²) < 4.78 is 0. The van der Waals surface area contributed by atoms with E-state index in [1.165, 1.54) is 23.2 Å². The van der Waals surface area contributed by atoms with Crippen LogP contribution in [0.2, 0.25) is 0 Å². The minimum atomic E-state index is 0.478. The minimum Gasteiger partial charge on any atom is -0.367 e. The number of allylic oxidation sites excluding steroid dienone is 2. The monoisotopic (exact) mass is 261 g/mol. The first-order valence-electron chi connectivity index (χ1n) is 7.39. The van der Waals surface area contributed by atoms with Crippen LogP contribution in [0, 0.1) is 5.92 Å². The molecule has 0 saturated heterocycles. The van der Waals surface area contributed by atoms with E-state index in [4.69, 9.17) is 0 Å². The maximum atomic E-state index is 2.47. The number of hydrogen-bond donors (Lipinski definition) is 0. The van der Waals surface area contributed by atoms with Crippen LogP contribution in [0.15, 0.2) is 66.7 Å². The number of para-hydroxylation sites is 1. The van der Waals surface area contributed by atoms with Gasteiger partial charge in [-0.15, -0.1) is 0 Å². The highest BCUT2D eigenvalue weighted by atomic mass is 15.2. The predicted octanol–water partition coefficient (Wildman–Crippen LogP) is 4.54. The number of nitrogens with zero attached hydrogens (tertiary/aromatic N) is 1. The Morgan fingerprint density at radius 2 is 1.70 bits per heavy atom. The molecule has 1 aliphatic carbocycles. The van der Waals surface area contributed by atoms with Gasteiger partial charge in [0.15, 0.2) is 0 Å². The zero-order chi connectivity index (χ0) is 13.5. The van der Waals surface area contributed by atoms with E-state index in [-0.39, 0.29) is 0 Å². The summed E-state index contributed by atoms with van der Waals surface area (Å²) >= 11 is 0. The molecule has 0 bridgehead atoms. The number of fused-ring (bicyclic) bond motifs is 3. The molecule has 100 valence electrons. The summed E-state index contributed by atoms with van der Waals surface area (Å²) in [6, 6.07) is 20.3. The molecule has 0 amide bonds. The molecule has 2 aromatic carbocycles. The Labute approximate surface area is 120 Å². The summed E-state index contributed by atoms with van der Waals surface area (Å²) in [7, 11) is 2.24. The average Bonchev–Trinajstić information content (AvgIpc) is 2.98. The fourth-order valence-electron chi connectivity index (χ4n) is 3.98. The van der Waals surface area contributed by atoms with Crippen molar-refractivity contribution >= 4 is 5.69 Å². The molecule has 2 aromatic rings. The highest BCUT2D eigenvalue weighted by molar-refractivity contribution is 5.61. The van der Waals surface area contributed by atoms with Gasteiger partial charge in [0, 0.05) is 18.7 Å². The molecule has 4 rings (SSSR count). The average molecular weight is 261 g/mol. The van der Waals surface area contributed by atoms with Crippen LogP contribution in [-0.2, 0) is 0 Å². The van der Waals surface area contributed by atoms with E-state index in [1.54, 1.807) is 0 Å². The fourth-order valence-corrected chi connectivity index (χ4v) is 3.98. The second kappa shape index (κ2) is 4.52. The summed E-state index contributed by atoms with van der Waals surface area (Å²) in [6.45, 7) is 0. The van der Waals surface area contributed by atoms with Crippen molar-refractivity contribution in [3.63, 3.8) is 0 Å². The predicted molar refractivity (Wildman–Crippen MR) is 84.0 cm³/mol. The number of anilines is 1. The highest BCUT2D eigenvalue weighted by Gasteiger charge is 2.40. The summed E-state index contributed by atoms with van der Waals surface area (Å²) in [5.74, 6) is 1.24. The fraction of sp³-hybridized carbons (Fsp3) is 0.263. The van der Waals surface area contributed by atoms with Crippen LogP contribution >= 0.6 is 0 Å². The molecule has 1 aliphatic heterocycles. The van der Waals surface area contributed by atoms with Crippen molar-refractivity contribution in [2.45, 2.75) is 18.4 Å². The molecule has 20 heavy (non-hydrogen) atoms.